The van der Waals surface area contributed by atoms with E-state index in [1.165, 1.54) is 10.7 Å². The summed E-state index contributed by atoms with van der Waals surface area (Å²) >= 11 is 1.08. The molecule has 1 amide bonds. The molecule has 4 aromatic rings. The smallest absolute Gasteiger partial charge is 0.267 e. The number of hydrogen-bond donors (Lipinski definition) is 1. The highest BCUT2D eigenvalue weighted by atomic mass is 32.1. The zero-order chi connectivity index (χ0) is 18.8. The van der Waals surface area contributed by atoms with Gasteiger partial charge in [0.25, 0.3) is 5.56 Å². The molecule has 0 aliphatic carbocycles. The van der Waals surface area contributed by atoms with Gasteiger partial charge in [0.15, 0.2) is 0 Å². The van der Waals surface area contributed by atoms with Gasteiger partial charge in [-0.25, -0.2) is 4.68 Å². The maximum Gasteiger partial charge on any atom is 0.267 e. The van der Waals surface area contributed by atoms with Gasteiger partial charge in [0.1, 0.15) is 17.1 Å². The summed E-state index contributed by atoms with van der Waals surface area (Å²) in [5.41, 5.74) is 3.06. The minimum absolute atomic E-state index is 0.342. The minimum Gasteiger partial charge on any atom is -0.322 e. The van der Waals surface area contributed by atoms with Crippen molar-refractivity contribution in [2.75, 3.05) is 5.32 Å². The molecule has 0 saturated heterocycles. The van der Waals surface area contributed by atoms with E-state index in [9.17, 15) is 9.59 Å². The second kappa shape index (κ2) is 7.08. The molecule has 0 radical (unpaired) electrons. The number of amides is 1. The molecule has 1 atom stereocenters. The van der Waals surface area contributed by atoms with Crippen LogP contribution in [0, 0.1) is 0 Å². The van der Waals surface area contributed by atoms with E-state index >= 15 is 0 Å². The van der Waals surface area contributed by atoms with Gasteiger partial charge in [-0.05, 0) is 25.1 Å². The van der Waals surface area contributed by atoms with Crippen molar-refractivity contribution < 1.29 is 4.79 Å². The second-order valence-corrected chi connectivity index (χ2v) is 6.50. The molecular weight excluding hydrogens is 362 g/mol. The van der Waals surface area contributed by atoms with Gasteiger partial charge in [0.05, 0.1) is 23.1 Å². The third-order valence-electron chi connectivity index (χ3n) is 4.18. The summed E-state index contributed by atoms with van der Waals surface area (Å²) in [7, 11) is 0. The topological polar surface area (TPSA) is 89.8 Å². The number of hydrogen-bond acceptors (Lipinski definition) is 6. The van der Waals surface area contributed by atoms with E-state index in [2.05, 4.69) is 19.2 Å². The number of aromatic nitrogens is 4. The van der Waals surface area contributed by atoms with Crippen LogP contribution in [0.2, 0.25) is 0 Å². The molecule has 27 heavy (non-hydrogen) atoms. The van der Waals surface area contributed by atoms with Gasteiger partial charge in [-0.3, -0.25) is 9.59 Å². The van der Waals surface area contributed by atoms with Crippen molar-refractivity contribution in [3.63, 3.8) is 0 Å². The van der Waals surface area contributed by atoms with Gasteiger partial charge in [0, 0.05) is 11.6 Å². The van der Waals surface area contributed by atoms with Crippen LogP contribution >= 0.6 is 11.7 Å². The summed E-state index contributed by atoms with van der Waals surface area (Å²) in [6, 6.07) is 17.2. The molecule has 0 fully saturated rings. The number of rotatable bonds is 4. The van der Waals surface area contributed by atoms with Gasteiger partial charge in [0.2, 0.25) is 5.91 Å². The fourth-order valence-electron chi connectivity index (χ4n) is 2.72. The Morgan fingerprint density at radius 3 is 2.67 bits per heavy atom. The van der Waals surface area contributed by atoms with Crippen LogP contribution < -0.4 is 10.9 Å². The second-order valence-electron chi connectivity index (χ2n) is 5.97. The molecule has 1 N–H and O–H groups in total. The van der Waals surface area contributed by atoms with Crippen LogP contribution in [-0.4, -0.2) is 24.4 Å². The van der Waals surface area contributed by atoms with E-state index in [0.717, 1.165) is 17.3 Å². The van der Waals surface area contributed by atoms with Crippen molar-refractivity contribution in [3.8, 4) is 11.3 Å². The molecule has 2 aromatic heterocycles. The fourth-order valence-corrected chi connectivity index (χ4v) is 3.27. The van der Waals surface area contributed by atoms with Gasteiger partial charge >= 0.3 is 0 Å². The Morgan fingerprint density at radius 1 is 1.04 bits per heavy atom. The van der Waals surface area contributed by atoms with Crippen LogP contribution in [0.15, 0.2) is 65.5 Å². The number of fused-ring (bicyclic) bond motifs is 1. The zero-order valence-corrected chi connectivity index (χ0v) is 15.2. The lowest BCUT2D eigenvalue weighted by molar-refractivity contribution is -0.119. The number of anilines is 1. The Labute approximate surface area is 158 Å². The largest absolute Gasteiger partial charge is 0.322 e. The quantitative estimate of drug-likeness (QED) is 0.590. The molecule has 0 bridgehead atoms. The van der Waals surface area contributed by atoms with Gasteiger partial charge in [-0.1, -0.05) is 36.4 Å². The van der Waals surface area contributed by atoms with E-state index in [1.54, 1.807) is 25.1 Å². The third-order valence-corrected chi connectivity index (χ3v) is 4.73. The number of carbonyl (C=O) groups excluding carboxylic acids is 1. The fraction of sp³-hybridized carbons (Fsp3) is 0.105. The molecule has 134 valence electrons. The lowest BCUT2D eigenvalue weighted by Gasteiger charge is -2.15. The lowest BCUT2D eigenvalue weighted by atomic mass is 10.1. The highest BCUT2D eigenvalue weighted by Gasteiger charge is 2.19. The van der Waals surface area contributed by atoms with Crippen molar-refractivity contribution in [1.82, 2.24) is 18.5 Å². The molecule has 2 aromatic carbocycles. The van der Waals surface area contributed by atoms with Crippen LogP contribution in [0.5, 0.6) is 0 Å². The number of nitrogens with one attached hydrogen (secondary N) is 1. The van der Waals surface area contributed by atoms with E-state index in [-0.39, 0.29) is 11.5 Å². The third kappa shape index (κ3) is 3.34. The van der Waals surface area contributed by atoms with E-state index in [4.69, 9.17) is 0 Å². The molecule has 8 heteroatoms. The van der Waals surface area contributed by atoms with Crippen molar-refractivity contribution in [2.45, 2.75) is 13.0 Å². The molecule has 2 heterocycles. The SMILES string of the molecule is CC(C(=O)Nc1cccc2nsnc12)n1nc(-c2ccccc2)ccc1=O. The predicted molar refractivity (Wildman–Crippen MR) is 105 cm³/mol. The first-order chi connectivity index (χ1) is 13.1. The molecule has 7 nitrogen and oxygen atoms in total. The van der Waals surface area contributed by atoms with E-state index in [1.807, 2.05) is 36.4 Å². The standard InChI is InChI=1S/C19H15N5O2S/c1-12(19(26)20-15-8-5-9-16-18(15)23-27-22-16)24-17(25)11-10-14(21-24)13-6-3-2-4-7-13/h2-12H,1H3,(H,20,26). The summed E-state index contributed by atoms with van der Waals surface area (Å²) in [5, 5.41) is 7.20. The van der Waals surface area contributed by atoms with Gasteiger partial charge in [-0.2, -0.15) is 13.8 Å². The average Bonchev–Trinajstić information content (AvgIpc) is 3.18. The molecule has 0 aliphatic rings. The highest BCUT2D eigenvalue weighted by molar-refractivity contribution is 7.00. The summed E-state index contributed by atoms with van der Waals surface area (Å²) in [4.78, 5) is 25.0. The maximum absolute atomic E-state index is 12.7. The Kier molecular flexibility index (Phi) is 4.47. The Bertz CT molecular complexity index is 1170. The molecule has 0 spiro atoms. The van der Waals surface area contributed by atoms with Crippen LogP contribution in [0.1, 0.15) is 13.0 Å². The Morgan fingerprint density at radius 2 is 1.85 bits per heavy atom. The van der Waals surface area contributed by atoms with Crippen LogP contribution in [0.3, 0.4) is 0 Å². The molecule has 4 rings (SSSR count). The van der Waals surface area contributed by atoms with Crippen LogP contribution in [-0.2, 0) is 4.79 Å². The highest BCUT2D eigenvalue weighted by Crippen LogP contribution is 2.22. The van der Waals surface area contributed by atoms with Crippen molar-refractivity contribution in [1.29, 1.82) is 0 Å². The molecule has 0 saturated carbocycles. The van der Waals surface area contributed by atoms with E-state index < -0.39 is 6.04 Å². The first-order valence-corrected chi connectivity index (χ1v) is 9.04. The van der Waals surface area contributed by atoms with Gasteiger partial charge in [-0.15, -0.1) is 0 Å². The predicted octanol–water partition coefficient (Wildman–Crippen LogP) is 3.11. The normalized spacial score (nSPS) is 12.0. The average molecular weight is 377 g/mol. The molecule has 0 aliphatic heterocycles. The lowest BCUT2D eigenvalue weighted by Crippen LogP contribution is -2.33. The van der Waals surface area contributed by atoms with Crippen molar-refractivity contribution in [2.24, 2.45) is 0 Å². The Hall–Kier alpha value is -3.39. The minimum atomic E-state index is -0.789. The summed E-state index contributed by atoms with van der Waals surface area (Å²) in [5.74, 6) is -0.352. The van der Waals surface area contributed by atoms with Crippen LogP contribution in [0.4, 0.5) is 5.69 Å². The Balaban J connectivity index is 1.64. The number of carbonyl (C=O) groups is 1. The maximum atomic E-state index is 12.7. The number of benzene rings is 2. The summed E-state index contributed by atoms with van der Waals surface area (Å²) in [6.45, 7) is 1.64. The van der Waals surface area contributed by atoms with Gasteiger partial charge < -0.3 is 5.32 Å². The monoisotopic (exact) mass is 377 g/mol. The first kappa shape index (κ1) is 17.0. The first-order valence-electron chi connectivity index (χ1n) is 8.31. The molecule has 1 unspecified atom stereocenters. The summed E-state index contributed by atoms with van der Waals surface area (Å²) in [6.07, 6.45) is 0. The zero-order valence-electron chi connectivity index (χ0n) is 14.4. The summed E-state index contributed by atoms with van der Waals surface area (Å²) < 4.78 is 9.56. The van der Waals surface area contributed by atoms with Crippen molar-refractivity contribution in [3.05, 3.63) is 71.0 Å². The van der Waals surface area contributed by atoms with Crippen LogP contribution in [0.25, 0.3) is 22.3 Å². The number of nitrogens with zero attached hydrogens (tertiary/aromatic N) is 4. The van der Waals surface area contributed by atoms with E-state index in [0.29, 0.717) is 22.4 Å². The molecular formula is C19H15N5O2S. The van der Waals surface area contributed by atoms with Crippen molar-refractivity contribution >= 4 is 34.4 Å².